The maximum Gasteiger partial charge on any atom is 0.251 e. The molecule has 1 atom stereocenters. The molecule has 0 aliphatic carbocycles. The van der Waals surface area contributed by atoms with Crippen molar-refractivity contribution < 1.29 is 19.1 Å². The van der Waals surface area contributed by atoms with E-state index in [0.717, 1.165) is 11.1 Å². The molecule has 2 N–H and O–H groups in total. The lowest BCUT2D eigenvalue weighted by molar-refractivity contribution is -0.123. The minimum absolute atomic E-state index is 0.0783. The predicted octanol–water partition coefficient (Wildman–Crippen LogP) is 3.88. The van der Waals surface area contributed by atoms with Gasteiger partial charge in [-0.1, -0.05) is 35.9 Å². The van der Waals surface area contributed by atoms with Crippen molar-refractivity contribution in [3.63, 3.8) is 0 Å². The minimum atomic E-state index is -0.777. The number of hydrogen-bond donors (Lipinski definition) is 2. The molecular formula is C22H21ClN4O4. The average Bonchev–Trinajstić information content (AvgIpc) is 3.24. The van der Waals surface area contributed by atoms with Gasteiger partial charge < -0.3 is 20.1 Å². The van der Waals surface area contributed by atoms with Crippen LogP contribution in [0.1, 0.15) is 18.2 Å². The van der Waals surface area contributed by atoms with E-state index in [-0.39, 0.29) is 24.8 Å². The zero-order chi connectivity index (χ0) is 22.0. The lowest BCUT2D eigenvalue weighted by atomic mass is 10.1. The summed E-state index contributed by atoms with van der Waals surface area (Å²) in [5.74, 6) is 0.458. The maximum atomic E-state index is 12.7. The Morgan fingerprint density at radius 2 is 1.94 bits per heavy atom. The van der Waals surface area contributed by atoms with Gasteiger partial charge in [-0.3, -0.25) is 9.59 Å². The Morgan fingerprint density at radius 3 is 2.65 bits per heavy atom. The minimum Gasteiger partial charge on any atom is -0.495 e. The van der Waals surface area contributed by atoms with Gasteiger partial charge in [0.1, 0.15) is 17.6 Å². The Kier molecular flexibility index (Phi) is 5.92. The highest BCUT2D eigenvalue weighted by molar-refractivity contribution is 6.30. The van der Waals surface area contributed by atoms with Gasteiger partial charge in [0, 0.05) is 17.7 Å². The van der Waals surface area contributed by atoms with E-state index in [4.69, 9.17) is 21.1 Å². The number of anilines is 2. The zero-order valence-corrected chi connectivity index (χ0v) is 17.8. The van der Waals surface area contributed by atoms with Crippen molar-refractivity contribution >= 4 is 34.9 Å². The average molecular weight is 441 g/mol. The number of halogens is 1. The molecule has 1 aliphatic heterocycles. The summed E-state index contributed by atoms with van der Waals surface area (Å²) >= 11 is 6.01. The summed E-state index contributed by atoms with van der Waals surface area (Å²) in [6, 6.07) is 13.6. The van der Waals surface area contributed by atoms with Crippen molar-refractivity contribution in [1.29, 1.82) is 0 Å². The fourth-order valence-corrected chi connectivity index (χ4v) is 3.73. The van der Waals surface area contributed by atoms with Crippen LogP contribution < -0.4 is 15.4 Å². The van der Waals surface area contributed by atoms with Crippen LogP contribution in [0.4, 0.5) is 11.5 Å². The summed E-state index contributed by atoms with van der Waals surface area (Å²) in [5, 5.41) is 10.9. The number of benzene rings is 2. The van der Waals surface area contributed by atoms with Gasteiger partial charge in [0.05, 0.1) is 31.5 Å². The summed E-state index contributed by atoms with van der Waals surface area (Å²) in [6.07, 6.45) is -0.0783. The first-order valence-corrected chi connectivity index (χ1v) is 9.99. The molecule has 0 fully saturated rings. The first-order chi connectivity index (χ1) is 15.0. The Balaban J connectivity index is 1.62. The van der Waals surface area contributed by atoms with Gasteiger partial charge in [-0.05, 0) is 29.8 Å². The second-order valence-electron chi connectivity index (χ2n) is 7.01. The number of rotatable bonds is 7. The van der Waals surface area contributed by atoms with Crippen LogP contribution in [-0.2, 0) is 20.9 Å². The maximum absolute atomic E-state index is 12.7. The summed E-state index contributed by atoms with van der Waals surface area (Å²) in [6.45, 7) is 0.258. The van der Waals surface area contributed by atoms with E-state index in [0.29, 0.717) is 28.0 Å². The lowest BCUT2D eigenvalue weighted by Crippen LogP contribution is -2.24. The standard InChI is InChI=1S/C22H21ClN4O4/c1-30-12-16-20(13-7-9-14(23)10-8-13)21-25-22(29)17(27(21)26-16)11-19(28)24-15-5-3-4-6-18(15)31-2/h3-10,17H,11-12H2,1-2H3,(H,24,28)(H,25,29). The molecule has 2 aromatic carbocycles. The Labute approximate surface area is 184 Å². The highest BCUT2D eigenvalue weighted by Gasteiger charge is 2.37. The predicted molar refractivity (Wildman–Crippen MR) is 117 cm³/mol. The van der Waals surface area contributed by atoms with E-state index in [1.165, 1.54) is 7.11 Å². The quantitative estimate of drug-likeness (QED) is 0.581. The van der Waals surface area contributed by atoms with E-state index >= 15 is 0 Å². The van der Waals surface area contributed by atoms with Crippen molar-refractivity contribution in [3.8, 4) is 16.9 Å². The number of ether oxygens (including phenoxy) is 2. The molecule has 31 heavy (non-hydrogen) atoms. The number of aromatic nitrogens is 2. The van der Waals surface area contributed by atoms with Gasteiger partial charge in [-0.15, -0.1) is 0 Å². The number of carbonyl (C=O) groups is 2. The number of nitrogens with zero attached hydrogens (tertiary/aromatic N) is 2. The number of para-hydroxylation sites is 2. The molecular weight excluding hydrogens is 420 g/mol. The van der Waals surface area contributed by atoms with Crippen LogP contribution in [0.5, 0.6) is 5.75 Å². The van der Waals surface area contributed by atoms with Gasteiger partial charge in [0.15, 0.2) is 0 Å². The molecule has 0 saturated heterocycles. The van der Waals surface area contributed by atoms with Crippen molar-refractivity contribution in [3.05, 3.63) is 59.2 Å². The number of amides is 2. The molecule has 9 heteroatoms. The van der Waals surface area contributed by atoms with E-state index < -0.39 is 6.04 Å². The van der Waals surface area contributed by atoms with E-state index in [2.05, 4.69) is 15.7 Å². The zero-order valence-electron chi connectivity index (χ0n) is 17.0. The van der Waals surface area contributed by atoms with Crippen molar-refractivity contribution in [2.24, 2.45) is 0 Å². The smallest absolute Gasteiger partial charge is 0.251 e. The van der Waals surface area contributed by atoms with E-state index in [9.17, 15) is 9.59 Å². The van der Waals surface area contributed by atoms with Gasteiger partial charge in [-0.2, -0.15) is 5.10 Å². The summed E-state index contributed by atoms with van der Waals surface area (Å²) in [5.41, 5.74) is 2.79. The molecule has 0 spiro atoms. The second-order valence-corrected chi connectivity index (χ2v) is 7.45. The van der Waals surface area contributed by atoms with Gasteiger partial charge in [0.25, 0.3) is 5.91 Å². The Hall–Kier alpha value is -3.36. The molecule has 1 unspecified atom stereocenters. The summed E-state index contributed by atoms with van der Waals surface area (Å²) < 4.78 is 12.1. The van der Waals surface area contributed by atoms with Crippen LogP contribution in [0.3, 0.4) is 0 Å². The van der Waals surface area contributed by atoms with Crippen molar-refractivity contribution in [2.75, 3.05) is 24.9 Å². The molecule has 4 rings (SSSR count). The number of hydrogen-bond acceptors (Lipinski definition) is 5. The molecule has 1 aliphatic rings. The molecule has 2 amide bonds. The number of nitrogens with one attached hydrogen (secondary N) is 2. The first kappa shape index (κ1) is 20.9. The summed E-state index contributed by atoms with van der Waals surface area (Å²) in [4.78, 5) is 25.4. The molecule has 0 bridgehead atoms. The molecule has 1 aromatic heterocycles. The SMILES string of the molecule is COCc1nn2c(c1-c1ccc(Cl)cc1)NC(=O)C2CC(=O)Nc1ccccc1OC. The highest BCUT2D eigenvalue weighted by Crippen LogP contribution is 2.39. The van der Waals surface area contributed by atoms with E-state index in [1.807, 2.05) is 18.2 Å². The fraction of sp³-hybridized carbons (Fsp3) is 0.227. The molecule has 160 valence electrons. The third-order valence-corrected chi connectivity index (χ3v) is 5.25. The van der Waals surface area contributed by atoms with Crippen LogP contribution in [-0.4, -0.2) is 35.8 Å². The van der Waals surface area contributed by atoms with Crippen molar-refractivity contribution in [2.45, 2.75) is 19.1 Å². The van der Waals surface area contributed by atoms with Crippen LogP contribution in [0.25, 0.3) is 11.1 Å². The monoisotopic (exact) mass is 440 g/mol. The molecule has 2 heterocycles. The number of carbonyl (C=O) groups excluding carboxylic acids is 2. The Bertz CT molecular complexity index is 1130. The number of methoxy groups -OCH3 is 2. The first-order valence-electron chi connectivity index (χ1n) is 9.61. The van der Waals surface area contributed by atoms with Crippen molar-refractivity contribution in [1.82, 2.24) is 9.78 Å². The summed E-state index contributed by atoms with van der Waals surface area (Å²) in [7, 11) is 3.11. The largest absolute Gasteiger partial charge is 0.495 e. The number of fused-ring (bicyclic) bond motifs is 1. The Morgan fingerprint density at radius 1 is 1.19 bits per heavy atom. The molecule has 0 saturated carbocycles. The van der Waals surface area contributed by atoms with Gasteiger partial charge >= 0.3 is 0 Å². The van der Waals surface area contributed by atoms with Crippen LogP contribution in [0, 0.1) is 0 Å². The molecule has 8 nitrogen and oxygen atoms in total. The topological polar surface area (TPSA) is 94.5 Å². The lowest BCUT2D eigenvalue weighted by Gasteiger charge is -2.12. The molecule has 0 radical (unpaired) electrons. The van der Waals surface area contributed by atoms with E-state index in [1.54, 1.807) is 42.1 Å². The van der Waals surface area contributed by atoms with Crippen LogP contribution >= 0.6 is 11.6 Å². The second kappa shape index (κ2) is 8.79. The highest BCUT2D eigenvalue weighted by atomic mass is 35.5. The fourth-order valence-electron chi connectivity index (χ4n) is 3.60. The molecule has 3 aromatic rings. The van der Waals surface area contributed by atoms with Crippen LogP contribution in [0.2, 0.25) is 5.02 Å². The third kappa shape index (κ3) is 4.12. The van der Waals surface area contributed by atoms with Crippen LogP contribution in [0.15, 0.2) is 48.5 Å². The van der Waals surface area contributed by atoms with Gasteiger partial charge in [-0.25, -0.2) is 4.68 Å². The normalized spacial score (nSPS) is 14.8. The van der Waals surface area contributed by atoms with Gasteiger partial charge in [0.2, 0.25) is 5.91 Å². The third-order valence-electron chi connectivity index (χ3n) is 5.00.